The highest BCUT2D eigenvalue weighted by Gasteiger charge is 2.24. The minimum absolute atomic E-state index is 0.0237. The first-order chi connectivity index (χ1) is 15.3. The molecule has 4 aromatic rings. The zero-order chi connectivity index (χ0) is 22.8. The third kappa shape index (κ3) is 4.32. The molecule has 0 atom stereocenters. The molecule has 32 heavy (non-hydrogen) atoms. The van der Waals surface area contributed by atoms with Gasteiger partial charge in [-0.3, -0.25) is 4.79 Å². The van der Waals surface area contributed by atoms with Gasteiger partial charge in [-0.05, 0) is 36.2 Å². The molecule has 0 fully saturated rings. The van der Waals surface area contributed by atoms with Crippen LogP contribution >= 0.6 is 0 Å². The van der Waals surface area contributed by atoms with Gasteiger partial charge >= 0.3 is 0 Å². The number of rotatable bonds is 6. The van der Waals surface area contributed by atoms with Crippen LogP contribution < -0.4 is 5.32 Å². The third-order valence-electron chi connectivity index (χ3n) is 4.96. The maximum Gasteiger partial charge on any atom is 0.280 e. The maximum atomic E-state index is 13.4. The molecule has 0 bridgehead atoms. The van der Waals surface area contributed by atoms with Crippen molar-refractivity contribution < 1.29 is 22.4 Å². The molecule has 164 valence electrons. The quantitative estimate of drug-likeness (QED) is 0.377. The second-order valence-corrected chi connectivity index (χ2v) is 7.17. The second-order valence-electron chi connectivity index (χ2n) is 7.17. The summed E-state index contributed by atoms with van der Waals surface area (Å²) >= 11 is 0. The van der Waals surface area contributed by atoms with E-state index in [0.29, 0.717) is 11.8 Å². The highest BCUT2D eigenvalue weighted by molar-refractivity contribution is 5.92. The van der Waals surface area contributed by atoms with Gasteiger partial charge in [-0.15, -0.1) is 0 Å². The standard InChI is InChI=1S/C23H18F4N4O/c1-13-20-17(21(24)25)11-18(22(26)27)29-23(20)31(30-13)12-19(32)28-16-9-7-15(8-10-16)14-5-3-2-4-6-14/h2-11,21-22H,12H2,1H3,(H,28,32). The van der Waals surface area contributed by atoms with Crippen molar-refractivity contribution in [2.45, 2.75) is 26.3 Å². The molecule has 9 heteroatoms. The van der Waals surface area contributed by atoms with Crippen molar-refractivity contribution in [2.75, 3.05) is 5.32 Å². The zero-order valence-electron chi connectivity index (χ0n) is 16.9. The maximum absolute atomic E-state index is 13.4. The van der Waals surface area contributed by atoms with Crippen molar-refractivity contribution in [3.05, 3.63) is 77.6 Å². The summed E-state index contributed by atoms with van der Waals surface area (Å²) in [6, 6.07) is 17.5. The van der Waals surface area contributed by atoms with E-state index < -0.39 is 30.0 Å². The summed E-state index contributed by atoms with van der Waals surface area (Å²) in [7, 11) is 0. The average Bonchev–Trinajstić information content (AvgIpc) is 3.09. The Labute approximate surface area is 180 Å². The summed E-state index contributed by atoms with van der Waals surface area (Å²) in [6.45, 7) is 1.10. The number of amides is 1. The van der Waals surface area contributed by atoms with E-state index in [-0.39, 0.29) is 23.3 Å². The van der Waals surface area contributed by atoms with Crippen molar-refractivity contribution in [1.82, 2.24) is 14.8 Å². The summed E-state index contributed by atoms with van der Waals surface area (Å²) in [6.07, 6.45) is -6.01. The average molecular weight is 442 g/mol. The van der Waals surface area contributed by atoms with Crippen LogP contribution in [-0.4, -0.2) is 20.7 Å². The number of pyridine rings is 1. The number of nitrogens with one attached hydrogen (secondary N) is 1. The molecule has 0 aliphatic heterocycles. The summed E-state index contributed by atoms with van der Waals surface area (Å²) in [5.41, 5.74) is 1.17. The van der Waals surface area contributed by atoms with Crippen molar-refractivity contribution >= 4 is 22.6 Å². The van der Waals surface area contributed by atoms with Gasteiger partial charge in [-0.25, -0.2) is 27.2 Å². The Morgan fingerprint density at radius 2 is 1.62 bits per heavy atom. The number of anilines is 1. The van der Waals surface area contributed by atoms with Gasteiger partial charge in [-0.2, -0.15) is 5.10 Å². The molecule has 4 rings (SSSR count). The minimum Gasteiger partial charge on any atom is -0.324 e. The lowest BCUT2D eigenvalue weighted by molar-refractivity contribution is -0.116. The molecule has 1 N–H and O–H groups in total. The number of hydrogen-bond donors (Lipinski definition) is 1. The number of aromatic nitrogens is 3. The van der Waals surface area contributed by atoms with Crippen LogP contribution in [0.1, 0.15) is 29.8 Å². The molecule has 5 nitrogen and oxygen atoms in total. The molecule has 0 unspecified atom stereocenters. The zero-order valence-corrected chi connectivity index (χ0v) is 16.9. The number of hydrogen-bond acceptors (Lipinski definition) is 3. The largest absolute Gasteiger partial charge is 0.324 e. The van der Waals surface area contributed by atoms with Gasteiger partial charge in [0.05, 0.1) is 11.1 Å². The number of halogens is 4. The smallest absolute Gasteiger partial charge is 0.280 e. The minimum atomic E-state index is -3.03. The lowest BCUT2D eigenvalue weighted by atomic mass is 10.1. The topological polar surface area (TPSA) is 59.8 Å². The Balaban J connectivity index is 1.57. The second kappa shape index (κ2) is 8.78. The van der Waals surface area contributed by atoms with Crippen LogP contribution in [0.25, 0.3) is 22.2 Å². The third-order valence-corrected chi connectivity index (χ3v) is 4.96. The van der Waals surface area contributed by atoms with Gasteiger partial charge in [0.1, 0.15) is 12.2 Å². The number of benzene rings is 2. The summed E-state index contributed by atoms with van der Waals surface area (Å²) in [5.74, 6) is -0.496. The molecule has 2 aromatic heterocycles. The van der Waals surface area contributed by atoms with Crippen LogP contribution in [0.5, 0.6) is 0 Å². The number of aryl methyl sites for hydroxylation is 1. The van der Waals surface area contributed by atoms with Crippen molar-refractivity contribution in [3.63, 3.8) is 0 Å². The van der Waals surface area contributed by atoms with Crippen LogP contribution in [0.4, 0.5) is 23.2 Å². The number of nitrogens with zero attached hydrogens (tertiary/aromatic N) is 3. The predicted octanol–water partition coefficient (Wildman–Crippen LogP) is 5.92. The first-order valence-corrected chi connectivity index (χ1v) is 9.73. The van der Waals surface area contributed by atoms with Crippen LogP contribution in [0.15, 0.2) is 60.7 Å². The normalized spacial score (nSPS) is 11.5. The van der Waals surface area contributed by atoms with Gasteiger partial charge < -0.3 is 5.32 Å². The monoisotopic (exact) mass is 442 g/mol. The molecular formula is C23H18F4N4O. The van der Waals surface area contributed by atoms with E-state index in [4.69, 9.17) is 0 Å². The molecule has 0 saturated carbocycles. The van der Waals surface area contributed by atoms with Gasteiger partial charge in [-0.1, -0.05) is 42.5 Å². The molecule has 0 aliphatic rings. The van der Waals surface area contributed by atoms with E-state index in [2.05, 4.69) is 15.4 Å². The van der Waals surface area contributed by atoms with Gasteiger partial charge in [0.25, 0.3) is 12.9 Å². The van der Waals surface area contributed by atoms with Crippen molar-refractivity contribution in [3.8, 4) is 11.1 Å². The molecule has 2 heterocycles. The van der Waals surface area contributed by atoms with Crippen molar-refractivity contribution in [2.24, 2.45) is 0 Å². The van der Waals surface area contributed by atoms with E-state index in [9.17, 15) is 22.4 Å². The molecule has 0 radical (unpaired) electrons. The number of carbonyl (C=O) groups is 1. The Morgan fingerprint density at radius 1 is 0.969 bits per heavy atom. The fraction of sp³-hybridized carbons (Fsp3) is 0.174. The SMILES string of the molecule is Cc1nn(CC(=O)Nc2ccc(-c3ccccc3)cc2)c2nc(C(F)F)cc(C(F)F)c12. The lowest BCUT2D eigenvalue weighted by Crippen LogP contribution is -2.20. The number of carbonyl (C=O) groups excluding carboxylic acids is 1. The highest BCUT2D eigenvalue weighted by atomic mass is 19.3. The first-order valence-electron chi connectivity index (χ1n) is 9.73. The van der Waals surface area contributed by atoms with E-state index in [1.165, 1.54) is 6.92 Å². The van der Waals surface area contributed by atoms with Crippen LogP contribution in [-0.2, 0) is 11.3 Å². The Bertz CT molecular complexity index is 1250. The Hall–Kier alpha value is -3.75. The van der Waals surface area contributed by atoms with E-state index in [1.54, 1.807) is 12.1 Å². The number of alkyl halides is 4. The van der Waals surface area contributed by atoms with Crippen LogP contribution in [0, 0.1) is 6.92 Å². The Morgan fingerprint density at radius 3 is 2.25 bits per heavy atom. The fourth-order valence-electron chi connectivity index (χ4n) is 3.51. The highest BCUT2D eigenvalue weighted by Crippen LogP contribution is 2.32. The van der Waals surface area contributed by atoms with Crippen LogP contribution in [0.2, 0.25) is 0 Å². The van der Waals surface area contributed by atoms with Gasteiger partial charge in [0.15, 0.2) is 5.65 Å². The fourth-order valence-corrected chi connectivity index (χ4v) is 3.51. The lowest BCUT2D eigenvalue weighted by Gasteiger charge is -2.09. The van der Waals surface area contributed by atoms with Gasteiger partial charge in [0, 0.05) is 11.3 Å². The Kier molecular flexibility index (Phi) is 5.89. The summed E-state index contributed by atoms with van der Waals surface area (Å²) < 4.78 is 54.3. The molecule has 0 spiro atoms. The summed E-state index contributed by atoms with van der Waals surface area (Å²) in [4.78, 5) is 16.3. The van der Waals surface area contributed by atoms with E-state index in [0.717, 1.165) is 15.8 Å². The first kappa shape index (κ1) is 21.5. The molecule has 0 aliphatic carbocycles. The molecule has 2 aromatic carbocycles. The van der Waals surface area contributed by atoms with Crippen LogP contribution in [0.3, 0.4) is 0 Å². The van der Waals surface area contributed by atoms with Gasteiger partial charge in [0.2, 0.25) is 5.91 Å². The van der Waals surface area contributed by atoms with E-state index >= 15 is 0 Å². The van der Waals surface area contributed by atoms with E-state index in [1.807, 2.05) is 42.5 Å². The molecular weight excluding hydrogens is 424 g/mol. The van der Waals surface area contributed by atoms with Crippen molar-refractivity contribution in [1.29, 1.82) is 0 Å². The summed E-state index contributed by atoms with van der Waals surface area (Å²) in [5, 5.41) is 6.75. The predicted molar refractivity (Wildman–Crippen MR) is 113 cm³/mol. The number of fused-ring (bicyclic) bond motifs is 1. The molecule has 1 amide bonds. The molecule has 0 saturated heterocycles.